The van der Waals surface area contributed by atoms with Crippen molar-refractivity contribution in [3.8, 4) is 0 Å². The molecule has 2 nitrogen and oxygen atoms in total. The highest BCUT2D eigenvalue weighted by Crippen LogP contribution is 2.18. The molecule has 0 aromatic rings. The minimum atomic E-state index is 0.880. The Bertz CT molecular complexity index is 120. The highest BCUT2D eigenvalue weighted by Gasteiger charge is 2.29. The third-order valence-electron chi connectivity index (χ3n) is 2.73. The molecule has 2 fully saturated rings. The van der Waals surface area contributed by atoms with Crippen LogP contribution in [0.1, 0.15) is 13.3 Å². The first-order valence-corrected chi connectivity index (χ1v) is 4.31. The van der Waals surface area contributed by atoms with Gasteiger partial charge in [0.05, 0.1) is 0 Å². The summed E-state index contributed by atoms with van der Waals surface area (Å²) in [6.07, 6.45) is 1.41. The second-order valence-corrected chi connectivity index (χ2v) is 3.70. The van der Waals surface area contributed by atoms with E-state index in [1.807, 2.05) is 0 Å². The van der Waals surface area contributed by atoms with Crippen LogP contribution in [0.2, 0.25) is 0 Å². The summed E-state index contributed by atoms with van der Waals surface area (Å²) in [4.78, 5) is 2.63. The highest BCUT2D eigenvalue weighted by atomic mass is 15.2. The molecule has 0 bridgehead atoms. The lowest BCUT2D eigenvalue weighted by Crippen LogP contribution is -2.56. The summed E-state index contributed by atoms with van der Waals surface area (Å²) >= 11 is 0. The van der Waals surface area contributed by atoms with Crippen LogP contribution >= 0.6 is 0 Å². The van der Waals surface area contributed by atoms with Crippen molar-refractivity contribution >= 4 is 0 Å². The summed E-state index contributed by atoms with van der Waals surface area (Å²) in [5.41, 5.74) is 0. The molecule has 0 spiro atoms. The van der Waals surface area contributed by atoms with Gasteiger partial charge in [0.15, 0.2) is 0 Å². The first-order valence-electron chi connectivity index (χ1n) is 4.31. The average Bonchev–Trinajstić information content (AvgIpc) is 2.10. The fourth-order valence-electron chi connectivity index (χ4n) is 1.83. The molecule has 10 heavy (non-hydrogen) atoms. The zero-order valence-corrected chi connectivity index (χ0v) is 6.64. The molecule has 0 saturated carbocycles. The Hall–Kier alpha value is -0.0800. The minimum Gasteiger partial charge on any atom is -0.314 e. The van der Waals surface area contributed by atoms with Crippen molar-refractivity contribution in [3.05, 3.63) is 0 Å². The Morgan fingerprint density at radius 2 is 2.20 bits per heavy atom. The molecule has 1 atom stereocenters. The summed E-state index contributed by atoms with van der Waals surface area (Å²) in [5, 5.41) is 3.31. The molecule has 58 valence electrons. The molecule has 2 saturated heterocycles. The number of rotatable bonds is 1. The first kappa shape index (κ1) is 6.62. The van der Waals surface area contributed by atoms with Gasteiger partial charge in [0.25, 0.3) is 0 Å². The second kappa shape index (κ2) is 2.51. The molecular formula is C8H16N2. The molecule has 0 radical (unpaired) electrons. The Morgan fingerprint density at radius 1 is 1.40 bits per heavy atom. The van der Waals surface area contributed by atoms with Crippen LogP contribution in [0.3, 0.4) is 0 Å². The standard InChI is InChI=1S/C8H16N2/c1-7-2-3-10(6-7)8-4-9-5-8/h7-9H,2-6H2,1H3/t7-/m1/s1. The van der Waals surface area contributed by atoms with E-state index in [0.29, 0.717) is 0 Å². The Kier molecular flexibility index (Phi) is 1.66. The lowest BCUT2D eigenvalue weighted by atomic mass is 10.1. The minimum absolute atomic E-state index is 0.880. The van der Waals surface area contributed by atoms with Crippen LogP contribution in [0.15, 0.2) is 0 Å². The molecule has 1 N–H and O–H groups in total. The summed E-state index contributed by atoms with van der Waals surface area (Å²) < 4.78 is 0. The van der Waals surface area contributed by atoms with Crippen LogP contribution in [-0.2, 0) is 0 Å². The van der Waals surface area contributed by atoms with Gasteiger partial charge < -0.3 is 5.32 Å². The summed E-state index contributed by atoms with van der Waals surface area (Å²) in [7, 11) is 0. The monoisotopic (exact) mass is 140 g/mol. The van der Waals surface area contributed by atoms with Gasteiger partial charge in [0.2, 0.25) is 0 Å². The largest absolute Gasteiger partial charge is 0.314 e. The molecule has 0 aliphatic carbocycles. The van der Waals surface area contributed by atoms with Gasteiger partial charge in [-0.05, 0) is 18.9 Å². The van der Waals surface area contributed by atoms with Crippen LogP contribution < -0.4 is 5.32 Å². The van der Waals surface area contributed by atoms with E-state index in [2.05, 4.69) is 17.1 Å². The molecule has 2 aliphatic heterocycles. The van der Waals surface area contributed by atoms with Gasteiger partial charge >= 0.3 is 0 Å². The van der Waals surface area contributed by atoms with Gasteiger partial charge in [0.1, 0.15) is 0 Å². The van der Waals surface area contributed by atoms with Crippen LogP contribution in [0.5, 0.6) is 0 Å². The van der Waals surface area contributed by atoms with Crippen molar-refractivity contribution < 1.29 is 0 Å². The van der Waals surface area contributed by atoms with Crippen LogP contribution in [0.4, 0.5) is 0 Å². The summed E-state index contributed by atoms with van der Waals surface area (Å²) in [5.74, 6) is 0.945. The summed E-state index contributed by atoms with van der Waals surface area (Å²) in [6.45, 7) is 7.49. The third-order valence-corrected chi connectivity index (χ3v) is 2.73. The maximum Gasteiger partial charge on any atom is 0.0345 e. The molecular weight excluding hydrogens is 124 g/mol. The van der Waals surface area contributed by atoms with Crippen LogP contribution in [0.25, 0.3) is 0 Å². The second-order valence-electron chi connectivity index (χ2n) is 3.70. The molecule has 2 heteroatoms. The normalized spacial score (nSPS) is 36.3. The number of hydrogen-bond donors (Lipinski definition) is 1. The number of nitrogens with zero attached hydrogens (tertiary/aromatic N) is 1. The molecule has 0 unspecified atom stereocenters. The fourth-order valence-corrected chi connectivity index (χ4v) is 1.83. The van der Waals surface area contributed by atoms with Crippen LogP contribution in [-0.4, -0.2) is 37.1 Å². The zero-order chi connectivity index (χ0) is 6.97. The van der Waals surface area contributed by atoms with Crippen molar-refractivity contribution in [1.82, 2.24) is 10.2 Å². The molecule has 2 rings (SSSR count). The quantitative estimate of drug-likeness (QED) is 0.563. The Labute approximate surface area is 62.6 Å². The van der Waals surface area contributed by atoms with E-state index in [0.717, 1.165) is 12.0 Å². The fraction of sp³-hybridized carbons (Fsp3) is 1.00. The maximum absolute atomic E-state index is 3.31. The number of likely N-dealkylation sites (tertiary alicyclic amines) is 1. The topological polar surface area (TPSA) is 15.3 Å². The number of hydrogen-bond acceptors (Lipinski definition) is 2. The average molecular weight is 140 g/mol. The first-order chi connectivity index (χ1) is 4.86. The maximum atomic E-state index is 3.31. The van der Waals surface area contributed by atoms with Crippen molar-refractivity contribution in [2.45, 2.75) is 19.4 Å². The SMILES string of the molecule is C[C@@H]1CCN(C2CNC2)C1. The molecule has 2 aliphatic rings. The van der Waals surface area contributed by atoms with E-state index in [1.165, 1.54) is 32.6 Å². The predicted octanol–water partition coefficient (Wildman–Crippen LogP) is 0.300. The molecule has 0 aromatic heterocycles. The van der Waals surface area contributed by atoms with Crippen molar-refractivity contribution in [2.75, 3.05) is 26.2 Å². The van der Waals surface area contributed by atoms with E-state index in [1.54, 1.807) is 0 Å². The Morgan fingerprint density at radius 3 is 2.60 bits per heavy atom. The van der Waals surface area contributed by atoms with Gasteiger partial charge in [0, 0.05) is 25.7 Å². The van der Waals surface area contributed by atoms with Gasteiger partial charge in [-0.2, -0.15) is 0 Å². The van der Waals surface area contributed by atoms with E-state index in [9.17, 15) is 0 Å². The van der Waals surface area contributed by atoms with Gasteiger partial charge in [-0.15, -0.1) is 0 Å². The van der Waals surface area contributed by atoms with E-state index in [-0.39, 0.29) is 0 Å². The van der Waals surface area contributed by atoms with Crippen LogP contribution in [0, 0.1) is 5.92 Å². The van der Waals surface area contributed by atoms with E-state index >= 15 is 0 Å². The highest BCUT2D eigenvalue weighted by molar-refractivity contribution is 4.88. The third kappa shape index (κ3) is 1.06. The molecule has 2 heterocycles. The van der Waals surface area contributed by atoms with Gasteiger partial charge in [-0.3, -0.25) is 4.90 Å². The zero-order valence-electron chi connectivity index (χ0n) is 6.64. The van der Waals surface area contributed by atoms with E-state index < -0.39 is 0 Å². The summed E-state index contributed by atoms with van der Waals surface area (Å²) in [6, 6.07) is 0.880. The molecule has 0 aromatic carbocycles. The lowest BCUT2D eigenvalue weighted by molar-refractivity contribution is 0.175. The molecule has 0 amide bonds. The number of nitrogens with one attached hydrogen (secondary N) is 1. The van der Waals surface area contributed by atoms with Gasteiger partial charge in [-0.25, -0.2) is 0 Å². The van der Waals surface area contributed by atoms with Crippen molar-refractivity contribution in [2.24, 2.45) is 5.92 Å². The van der Waals surface area contributed by atoms with Gasteiger partial charge in [-0.1, -0.05) is 6.92 Å². The predicted molar refractivity (Wildman–Crippen MR) is 42.0 cm³/mol. The lowest BCUT2D eigenvalue weighted by Gasteiger charge is -2.35. The Balaban J connectivity index is 1.82. The smallest absolute Gasteiger partial charge is 0.0345 e. The van der Waals surface area contributed by atoms with Crippen molar-refractivity contribution in [1.29, 1.82) is 0 Å². The van der Waals surface area contributed by atoms with E-state index in [4.69, 9.17) is 0 Å². The van der Waals surface area contributed by atoms with Crippen molar-refractivity contribution in [3.63, 3.8) is 0 Å².